The highest BCUT2D eigenvalue weighted by Gasteiger charge is 2.23. The predicted octanol–water partition coefficient (Wildman–Crippen LogP) is 2.35. The van der Waals surface area contributed by atoms with Crippen LogP contribution in [-0.4, -0.2) is 11.9 Å². The van der Waals surface area contributed by atoms with Gasteiger partial charge in [0.2, 0.25) is 0 Å². The van der Waals surface area contributed by atoms with Gasteiger partial charge in [0.05, 0.1) is 12.0 Å². The fourth-order valence-electron chi connectivity index (χ4n) is 2.03. The average molecular weight is 313 g/mol. The van der Waals surface area contributed by atoms with E-state index in [9.17, 15) is 18.0 Å². The summed E-state index contributed by atoms with van der Waals surface area (Å²) in [6.45, 7) is 3.47. The third kappa shape index (κ3) is 3.48. The number of nitrogens with one attached hydrogen (secondary N) is 1. The summed E-state index contributed by atoms with van der Waals surface area (Å²) in [5, 5.41) is 3.96. The Balaban J connectivity index is 2.01. The van der Waals surface area contributed by atoms with E-state index in [0.717, 1.165) is 12.1 Å². The number of halogens is 3. The highest BCUT2D eigenvalue weighted by atomic mass is 19.2. The molecule has 0 fully saturated rings. The van der Waals surface area contributed by atoms with Gasteiger partial charge >= 0.3 is 0 Å². The SMILES string of the molecule is C[C@H]([NH2+][C@H](C)c1ccco1)C(=O)Nc1ccc(F)c(F)c1F. The van der Waals surface area contributed by atoms with Crippen molar-refractivity contribution in [2.75, 3.05) is 5.32 Å². The average Bonchev–Trinajstić information content (AvgIpc) is 3.02. The van der Waals surface area contributed by atoms with Gasteiger partial charge in [-0.25, -0.2) is 13.2 Å². The van der Waals surface area contributed by atoms with Crippen molar-refractivity contribution in [1.29, 1.82) is 0 Å². The van der Waals surface area contributed by atoms with Crippen molar-refractivity contribution in [2.45, 2.75) is 25.9 Å². The van der Waals surface area contributed by atoms with E-state index in [1.807, 2.05) is 6.92 Å². The number of nitrogens with two attached hydrogens (primary N) is 1. The summed E-state index contributed by atoms with van der Waals surface area (Å²) in [6.07, 6.45) is 1.53. The van der Waals surface area contributed by atoms with Gasteiger partial charge in [0.1, 0.15) is 6.04 Å². The van der Waals surface area contributed by atoms with E-state index in [1.165, 1.54) is 6.26 Å². The smallest absolute Gasteiger partial charge is 0.282 e. The lowest BCUT2D eigenvalue weighted by atomic mass is 10.2. The third-order valence-electron chi connectivity index (χ3n) is 3.28. The Morgan fingerprint density at radius 1 is 1.18 bits per heavy atom. The van der Waals surface area contributed by atoms with Crippen molar-refractivity contribution in [3.8, 4) is 0 Å². The summed E-state index contributed by atoms with van der Waals surface area (Å²) in [5.74, 6) is -4.17. The molecule has 0 saturated heterocycles. The van der Waals surface area contributed by atoms with Gasteiger partial charge in [-0.2, -0.15) is 0 Å². The molecular weight excluding hydrogens is 297 g/mol. The maximum Gasteiger partial charge on any atom is 0.282 e. The molecule has 0 aliphatic heterocycles. The van der Waals surface area contributed by atoms with Gasteiger partial charge in [0.15, 0.2) is 29.3 Å². The van der Waals surface area contributed by atoms with Crippen molar-refractivity contribution >= 4 is 11.6 Å². The molecule has 0 radical (unpaired) electrons. The molecule has 7 heteroatoms. The second-order valence-electron chi connectivity index (χ2n) is 5.00. The summed E-state index contributed by atoms with van der Waals surface area (Å²) < 4.78 is 44.7. The number of hydrogen-bond donors (Lipinski definition) is 2. The second-order valence-corrected chi connectivity index (χ2v) is 5.00. The normalized spacial score (nSPS) is 13.7. The molecule has 2 rings (SSSR count). The van der Waals surface area contributed by atoms with Crippen LogP contribution >= 0.6 is 0 Å². The van der Waals surface area contributed by atoms with Crippen LogP contribution < -0.4 is 10.6 Å². The molecule has 118 valence electrons. The standard InChI is InChI=1S/C15H15F3N2O2/c1-8(12-4-3-7-22-12)19-9(2)15(21)20-11-6-5-10(16)13(17)14(11)18/h3-9,19H,1-2H3,(H,20,21)/p+1/t8-,9+/m1/s1. The summed E-state index contributed by atoms with van der Waals surface area (Å²) in [7, 11) is 0. The van der Waals surface area contributed by atoms with Gasteiger partial charge in [0, 0.05) is 0 Å². The fourth-order valence-corrected chi connectivity index (χ4v) is 2.03. The molecule has 1 aromatic carbocycles. The number of carbonyl (C=O) groups is 1. The van der Waals surface area contributed by atoms with Crippen LogP contribution in [0.4, 0.5) is 18.9 Å². The van der Waals surface area contributed by atoms with Crippen LogP contribution in [0.5, 0.6) is 0 Å². The van der Waals surface area contributed by atoms with Gasteiger partial charge in [-0.1, -0.05) is 0 Å². The van der Waals surface area contributed by atoms with Crippen LogP contribution in [0.1, 0.15) is 25.6 Å². The second kappa shape index (κ2) is 6.65. The molecule has 0 unspecified atom stereocenters. The minimum Gasteiger partial charge on any atom is -0.463 e. The molecule has 2 aromatic rings. The van der Waals surface area contributed by atoms with Crippen LogP contribution in [0, 0.1) is 17.5 Å². The fraction of sp³-hybridized carbons (Fsp3) is 0.267. The first kappa shape index (κ1) is 16.1. The monoisotopic (exact) mass is 313 g/mol. The summed E-state index contributed by atoms with van der Waals surface area (Å²) >= 11 is 0. The number of quaternary nitrogens is 1. The van der Waals surface area contributed by atoms with E-state index in [-0.39, 0.29) is 6.04 Å². The van der Waals surface area contributed by atoms with Crippen molar-refractivity contribution in [3.63, 3.8) is 0 Å². The Morgan fingerprint density at radius 3 is 2.55 bits per heavy atom. The van der Waals surface area contributed by atoms with E-state index in [1.54, 1.807) is 24.4 Å². The lowest BCUT2D eigenvalue weighted by molar-refractivity contribution is -0.711. The lowest BCUT2D eigenvalue weighted by Gasteiger charge is -2.15. The van der Waals surface area contributed by atoms with Gasteiger partial charge in [-0.3, -0.25) is 4.79 Å². The number of amides is 1. The third-order valence-corrected chi connectivity index (χ3v) is 3.28. The summed E-state index contributed by atoms with van der Waals surface area (Å²) in [6, 6.07) is 4.56. The van der Waals surface area contributed by atoms with E-state index in [0.29, 0.717) is 5.76 Å². The van der Waals surface area contributed by atoms with Gasteiger partial charge < -0.3 is 15.1 Å². The Morgan fingerprint density at radius 2 is 1.91 bits per heavy atom. The van der Waals surface area contributed by atoms with Gasteiger partial charge in [-0.15, -0.1) is 0 Å². The van der Waals surface area contributed by atoms with Crippen LogP contribution in [0.3, 0.4) is 0 Å². The molecule has 1 aromatic heterocycles. The minimum absolute atomic E-state index is 0.120. The number of benzene rings is 1. The maximum absolute atomic E-state index is 13.5. The van der Waals surface area contributed by atoms with Crippen molar-refractivity contribution in [2.24, 2.45) is 0 Å². The van der Waals surface area contributed by atoms with Crippen LogP contribution in [-0.2, 0) is 4.79 Å². The first-order chi connectivity index (χ1) is 10.4. The van der Waals surface area contributed by atoms with Crippen LogP contribution in [0.2, 0.25) is 0 Å². The molecule has 0 spiro atoms. The van der Waals surface area contributed by atoms with Gasteiger partial charge in [0.25, 0.3) is 5.91 Å². The number of furan rings is 1. The van der Waals surface area contributed by atoms with Crippen LogP contribution in [0.25, 0.3) is 0 Å². The molecule has 22 heavy (non-hydrogen) atoms. The molecule has 0 aliphatic carbocycles. The molecule has 4 nitrogen and oxygen atoms in total. The summed E-state index contributed by atoms with van der Waals surface area (Å²) in [4.78, 5) is 12.0. The molecule has 0 bridgehead atoms. The van der Waals surface area contributed by atoms with E-state index in [2.05, 4.69) is 5.32 Å². The summed E-state index contributed by atoms with van der Waals surface area (Å²) in [5.41, 5.74) is -0.394. The zero-order valence-corrected chi connectivity index (χ0v) is 12.1. The van der Waals surface area contributed by atoms with Crippen molar-refractivity contribution in [1.82, 2.24) is 0 Å². The zero-order chi connectivity index (χ0) is 16.3. The Hall–Kier alpha value is -2.28. The topological polar surface area (TPSA) is 58.9 Å². The minimum atomic E-state index is -1.61. The first-order valence-corrected chi connectivity index (χ1v) is 6.73. The lowest BCUT2D eigenvalue weighted by Crippen LogP contribution is -2.91. The molecule has 0 aliphatic rings. The molecular formula is C15H16F3N2O2+. The highest BCUT2D eigenvalue weighted by Crippen LogP contribution is 2.19. The van der Waals surface area contributed by atoms with E-state index in [4.69, 9.17) is 4.42 Å². The largest absolute Gasteiger partial charge is 0.463 e. The molecule has 2 atom stereocenters. The van der Waals surface area contributed by atoms with Crippen molar-refractivity contribution in [3.05, 3.63) is 53.7 Å². The van der Waals surface area contributed by atoms with Gasteiger partial charge in [-0.05, 0) is 38.1 Å². The number of hydrogen-bond acceptors (Lipinski definition) is 2. The molecule has 3 N–H and O–H groups in total. The van der Waals surface area contributed by atoms with E-state index >= 15 is 0 Å². The quantitative estimate of drug-likeness (QED) is 0.833. The zero-order valence-electron chi connectivity index (χ0n) is 12.1. The first-order valence-electron chi connectivity index (χ1n) is 6.73. The maximum atomic E-state index is 13.5. The molecule has 1 heterocycles. The van der Waals surface area contributed by atoms with E-state index < -0.39 is 35.1 Å². The molecule has 1 amide bonds. The van der Waals surface area contributed by atoms with Crippen LogP contribution in [0.15, 0.2) is 34.9 Å². The molecule has 0 saturated carbocycles. The number of anilines is 1. The predicted molar refractivity (Wildman–Crippen MR) is 73.5 cm³/mol. The highest BCUT2D eigenvalue weighted by molar-refractivity contribution is 5.93. The number of carbonyl (C=O) groups excluding carboxylic acids is 1. The Labute approximate surface area is 125 Å². The number of rotatable bonds is 5. The van der Waals surface area contributed by atoms with Crippen molar-refractivity contribution < 1.29 is 27.7 Å². The Kier molecular flexibility index (Phi) is 4.87. The Bertz CT molecular complexity index is 659.